The SMILES string of the molecule is O=C1OC(Cn2cnc3ccccc32)CC12CCN(c1nccc3ncccc13)CC2. The lowest BCUT2D eigenvalue weighted by molar-refractivity contribution is -0.150. The second kappa shape index (κ2) is 7.04. The molecule has 0 bridgehead atoms. The summed E-state index contributed by atoms with van der Waals surface area (Å²) in [6, 6.07) is 14.0. The van der Waals surface area contributed by atoms with Gasteiger partial charge < -0.3 is 14.2 Å². The van der Waals surface area contributed by atoms with Crippen molar-refractivity contribution in [2.45, 2.75) is 31.9 Å². The molecule has 3 aromatic heterocycles. The monoisotopic (exact) mass is 413 g/mol. The molecule has 0 amide bonds. The third-order valence-corrected chi connectivity index (χ3v) is 6.78. The lowest BCUT2D eigenvalue weighted by Crippen LogP contribution is -2.43. The number of anilines is 1. The number of carbonyl (C=O) groups excluding carboxylic acids is 1. The molecule has 0 N–H and O–H groups in total. The number of nitrogens with zero attached hydrogens (tertiary/aromatic N) is 5. The van der Waals surface area contributed by atoms with E-state index < -0.39 is 0 Å². The molecule has 31 heavy (non-hydrogen) atoms. The van der Waals surface area contributed by atoms with Gasteiger partial charge in [0, 0.05) is 37.3 Å². The van der Waals surface area contributed by atoms with Crippen LogP contribution >= 0.6 is 0 Å². The van der Waals surface area contributed by atoms with Gasteiger partial charge in [-0.15, -0.1) is 0 Å². The standard InChI is InChI=1S/C24H23N5O2/c30-23-24(14-17(31-23)15-29-16-27-20-5-1-2-6-21(20)29)8-12-28(13-9-24)22-18-4-3-10-25-19(18)7-11-26-22/h1-7,10-11,16-17H,8-9,12-15H2. The largest absolute Gasteiger partial charge is 0.460 e. The van der Waals surface area contributed by atoms with Crippen molar-refractivity contribution in [3.05, 3.63) is 61.2 Å². The average molecular weight is 413 g/mol. The van der Waals surface area contributed by atoms with Crippen molar-refractivity contribution in [1.82, 2.24) is 19.5 Å². The third-order valence-electron chi connectivity index (χ3n) is 6.78. The van der Waals surface area contributed by atoms with Crippen LogP contribution in [0.1, 0.15) is 19.3 Å². The summed E-state index contributed by atoms with van der Waals surface area (Å²) in [4.78, 5) is 28.7. The highest BCUT2D eigenvalue weighted by Gasteiger charge is 2.50. The Morgan fingerprint density at radius 1 is 0.968 bits per heavy atom. The maximum Gasteiger partial charge on any atom is 0.312 e. The van der Waals surface area contributed by atoms with Crippen molar-refractivity contribution >= 4 is 33.7 Å². The number of piperidine rings is 1. The van der Waals surface area contributed by atoms with Gasteiger partial charge in [0.2, 0.25) is 0 Å². The fourth-order valence-electron chi connectivity index (χ4n) is 5.11. The van der Waals surface area contributed by atoms with Crippen molar-refractivity contribution in [3.63, 3.8) is 0 Å². The van der Waals surface area contributed by atoms with Gasteiger partial charge in [0.25, 0.3) is 0 Å². The van der Waals surface area contributed by atoms with Crippen LogP contribution in [-0.4, -0.2) is 44.7 Å². The van der Waals surface area contributed by atoms with E-state index in [1.165, 1.54) is 0 Å². The Labute approximate surface area is 179 Å². The molecule has 7 heteroatoms. The minimum Gasteiger partial charge on any atom is -0.460 e. The van der Waals surface area contributed by atoms with Crippen LogP contribution in [0, 0.1) is 5.41 Å². The van der Waals surface area contributed by atoms with E-state index >= 15 is 0 Å². The second-order valence-corrected chi connectivity index (χ2v) is 8.59. The van der Waals surface area contributed by atoms with E-state index in [0.29, 0.717) is 6.54 Å². The summed E-state index contributed by atoms with van der Waals surface area (Å²) in [5.74, 6) is 0.905. The van der Waals surface area contributed by atoms with Crippen LogP contribution in [-0.2, 0) is 16.1 Å². The number of rotatable bonds is 3. The predicted molar refractivity (Wildman–Crippen MR) is 118 cm³/mol. The molecule has 1 spiro atoms. The highest BCUT2D eigenvalue weighted by molar-refractivity contribution is 5.89. The first-order valence-corrected chi connectivity index (χ1v) is 10.8. The van der Waals surface area contributed by atoms with E-state index in [-0.39, 0.29) is 17.5 Å². The second-order valence-electron chi connectivity index (χ2n) is 8.59. The van der Waals surface area contributed by atoms with E-state index in [1.54, 1.807) is 6.20 Å². The van der Waals surface area contributed by atoms with Gasteiger partial charge in [-0.1, -0.05) is 12.1 Å². The molecule has 1 atom stereocenters. The Hall–Kier alpha value is -3.48. The highest BCUT2D eigenvalue weighted by atomic mass is 16.6. The number of hydrogen-bond donors (Lipinski definition) is 0. The van der Waals surface area contributed by atoms with Crippen molar-refractivity contribution in [3.8, 4) is 0 Å². The lowest BCUT2D eigenvalue weighted by Gasteiger charge is -2.37. The minimum absolute atomic E-state index is 0.0471. The summed E-state index contributed by atoms with van der Waals surface area (Å²) >= 11 is 0. The maximum absolute atomic E-state index is 12.9. The number of pyridine rings is 2. The zero-order valence-corrected chi connectivity index (χ0v) is 17.1. The number of hydrogen-bond acceptors (Lipinski definition) is 6. The number of fused-ring (bicyclic) bond motifs is 2. The quantitative estimate of drug-likeness (QED) is 0.478. The molecule has 4 aromatic rings. The van der Waals surface area contributed by atoms with E-state index in [2.05, 4.69) is 36.6 Å². The van der Waals surface area contributed by atoms with Crippen LogP contribution in [0.2, 0.25) is 0 Å². The molecule has 0 saturated carbocycles. The Kier molecular flexibility index (Phi) is 4.16. The topological polar surface area (TPSA) is 73.1 Å². The number of aromatic nitrogens is 4. The van der Waals surface area contributed by atoms with Crippen molar-refractivity contribution in [2.75, 3.05) is 18.0 Å². The Balaban J connectivity index is 1.18. The molecule has 2 fully saturated rings. The van der Waals surface area contributed by atoms with Crippen LogP contribution in [0.4, 0.5) is 5.82 Å². The molecule has 156 valence electrons. The van der Waals surface area contributed by atoms with E-state index in [1.807, 2.05) is 42.9 Å². The predicted octanol–water partition coefficient (Wildman–Crippen LogP) is 3.58. The summed E-state index contributed by atoms with van der Waals surface area (Å²) in [7, 11) is 0. The number of carbonyl (C=O) groups is 1. The van der Waals surface area contributed by atoms with Gasteiger partial charge in [0.1, 0.15) is 11.9 Å². The molecule has 1 unspecified atom stereocenters. The van der Waals surface area contributed by atoms with Crippen molar-refractivity contribution < 1.29 is 9.53 Å². The number of benzene rings is 1. The molecule has 7 nitrogen and oxygen atoms in total. The first kappa shape index (κ1) is 18.3. The van der Waals surface area contributed by atoms with E-state index in [0.717, 1.165) is 60.1 Å². The molecule has 2 saturated heterocycles. The summed E-state index contributed by atoms with van der Waals surface area (Å²) in [5.41, 5.74) is 2.60. The summed E-state index contributed by atoms with van der Waals surface area (Å²) in [6.45, 7) is 2.22. The van der Waals surface area contributed by atoms with Crippen LogP contribution in [0.15, 0.2) is 61.2 Å². The van der Waals surface area contributed by atoms with Crippen LogP contribution in [0.5, 0.6) is 0 Å². The fourth-order valence-corrected chi connectivity index (χ4v) is 5.11. The maximum atomic E-state index is 12.9. The Bertz CT molecular complexity index is 1270. The molecule has 0 radical (unpaired) electrons. The number of para-hydroxylation sites is 2. The molecular weight excluding hydrogens is 390 g/mol. The molecule has 1 aromatic carbocycles. The van der Waals surface area contributed by atoms with Crippen LogP contribution < -0.4 is 4.90 Å². The lowest BCUT2D eigenvalue weighted by atomic mass is 9.76. The van der Waals surface area contributed by atoms with Gasteiger partial charge >= 0.3 is 5.97 Å². The van der Waals surface area contributed by atoms with Gasteiger partial charge in [-0.05, 0) is 43.2 Å². The van der Waals surface area contributed by atoms with Gasteiger partial charge in [-0.2, -0.15) is 0 Å². The van der Waals surface area contributed by atoms with Crippen LogP contribution in [0.25, 0.3) is 21.9 Å². The summed E-state index contributed by atoms with van der Waals surface area (Å²) < 4.78 is 7.95. The fraction of sp³-hybridized carbons (Fsp3) is 0.333. The van der Waals surface area contributed by atoms with E-state index in [4.69, 9.17) is 4.74 Å². The number of cyclic esters (lactones) is 1. The molecule has 2 aliphatic heterocycles. The molecule has 0 aliphatic carbocycles. The van der Waals surface area contributed by atoms with Gasteiger partial charge in [-0.3, -0.25) is 9.78 Å². The number of esters is 1. The average Bonchev–Trinajstić information content (AvgIpc) is 3.35. The highest BCUT2D eigenvalue weighted by Crippen LogP contribution is 2.44. The Morgan fingerprint density at radius 3 is 2.74 bits per heavy atom. The van der Waals surface area contributed by atoms with Crippen molar-refractivity contribution in [2.24, 2.45) is 5.41 Å². The molecule has 6 rings (SSSR count). The zero-order chi connectivity index (χ0) is 20.8. The van der Waals surface area contributed by atoms with Gasteiger partial charge in [0.05, 0.1) is 34.8 Å². The zero-order valence-electron chi connectivity index (χ0n) is 17.1. The smallest absolute Gasteiger partial charge is 0.312 e. The summed E-state index contributed by atoms with van der Waals surface area (Å²) in [6.07, 6.45) is 7.66. The molecule has 2 aliphatic rings. The van der Waals surface area contributed by atoms with E-state index in [9.17, 15) is 4.79 Å². The first-order valence-electron chi connectivity index (χ1n) is 10.8. The minimum atomic E-state index is -0.389. The van der Waals surface area contributed by atoms with Crippen molar-refractivity contribution in [1.29, 1.82) is 0 Å². The normalized spacial score (nSPS) is 20.6. The molecule has 5 heterocycles. The number of ether oxygens (including phenoxy) is 1. The van der Waals surface area contributed by atoms with Gasteiger partial charge in [-0.25, -0.2) is 9.97 Å². The van der Waals surface area contributed by atoms with Gasteiger partial charge in [0.15, 0.2) is 0 Å². The summed E-state index contributed by atoms with van der Waals surface area (Å²) in [5, 5.41) is 1.06. The molecular formula is C24H23N5O2. The third kappa shape index (κ3) is 3.03. The van der Waals surface area contributed by atoms with Crippen LogP contribution in [0.3, 0.4) is 0 Å². The Morgan fingerprint density at radius 2 is 1.84 bits per heavy atom. The first-order chi connectivity index (χ1) is 15.2. The number of imidazole rings is 1.